The first-order valence-corrected chi connectivity index (χ1v) is 17.2. The lowest BCUT2D eigenvalue weighted by Crippen LogP contribution is -2.58. The molecule has 2 heterocycles. The van der Waals surface area contributed by atoms with Crippen molar-refractivity contribution in [1.29, 1.82) is 0 Å². The number of hydrogen-bond acceptors (Lipinski definition) is 2. The molecular formula is C42H31BS2. The maximum absolute atomic E-state index is 2.46. The van der Waals surface area contributed by atoms with E-state index in [0.29, 0.717) is 0 Å². The maximum atomic E-state index is 2.46. The van der Waals surface area contributed by atoms with Crippen LogP contribution in [-0.4, -0.2) is 6.71 Å². The summed E-state index contributed by atoms with van der Waals surface area (Å²) in [6, 6.07) is 49.5. The Hall–Kier alpha value is -4.44. The molecular weight excluding hydrogens is 579 g/mol. The van der Waals surface area contributed by atoms with E-state index in [4.69, 9.17) is 0 Å². The van der Waals surface area contributed by atoms with Crippen molar-refractivity contribution in [3.8, 4) is 33.4 Å². The van der Waals surface area contributed by atoms with E-state index in [1.807, 2.05) is 23.5 Å². The van der Waals surface area contributed by atoms with Crippen LogP contribution in [-0.2, 0) is 0 Å². The van der Waals surface area contributed by atoms with Gasteiger partial charge in [0.25, 0.3) is 0 Å². The first-order chi connectivity index (χ1) is 22.2. The Kier molecular flexibility index (Phi) is 7.37. The van der Waals surface area contributed by atoms with Crippen LogP contribution in [0.2, 0.25) is 0 Å². The van der Waals surface area contributed by atoms with Crippen LogP contribution in [0.1, 0.15) is 19.4 Å². The molecule has 0 N–H and O–H groups in total. The van der Waals surface area contributed by atoms with Gasteiger partial charge in [-0.05, 0) is 82.0 Å². The highest BCUT2D eigenvalue weighted by molar-refractivity contribution is 8.01. The lowest BCUT2D eigenvalue weighted by Gasteiger charge is -2.35. The van der Waals surface area contributed by atoms with Gasteiger partial charge < -0.3 is 0 Å². The molecule has 0 unspecified atom stereocenters. The summed E-state index contributed by atoms with van der Waals surface area (Å²) in [7, 11) is 0. The van der Waals surface area contributed by atoms with Crippen molar-refractivity contribution in [2.45, 2.75) is 33.4 Å². The van der Waals surface area contributed by atoms with E-state index >= 15 is 0 Å². The topological polar surface area (TPSA) is 0 Å². The molecule has 6 aromatic rings. The quantitative estimate of drug-likeness (QED) is 0.141. The Balaban J connectivity index is 1.36. The molecule has 0 amide bonds. The Morgan fingerprint density at radius 2 is 1.02 bits per heavy atom. The van der Waals surface area contributed by atoms with Gasteiger partial charge in [-0.3, -0.25) is 0 Å². The van der Waals surface area contributed by atoms with Gasteiger partial charge in [-0.25, -0.2) is 0 Å². The molecule has 0 fully saturated rings. The molecule has 2 aliphatic heterocycles. The fourth-order valence-electron chi connectivity index (χ4n) is 6.76. The normalized spacial score (nSPS) is 13.4. The fourth-order valence-corrected chi connectivity index (χ4v) is 9.39. The van der Waals surface area contributed by atoms with Gasteiger partial charge in [0, 0.05) is 19.6 Å². The first kappa shape index (κ1) is 28.1. The molecule has 0 saturated carbocycles. The van der Waals surface area contributed by atoms with Crippen LogP contribution in [0, 0.1) is 0 Å². The zero-order valence-electron chi connectivity index (χ0n) is 25.3. The minimum Gasteiger partial charge on any atom is -0.0905 e. The molecule has 6 aromatic carbocycles. The lowest BCUT2D eigenvalue weighted by molar-refractivity contribution is 1.33. The Morgan fingerprint density at radius 3 is 1.58 bits per heavy atom. The summed E-state index contributed by atoms with van der Waals surface area (Å²) in [5.41, 5.74) is 14.4. The van der Waals surface area contributed by atoms with Crippen LogP contribution in [0.4, 0.5) is 0 Å². The molecule has 0 atom stereocenters. The van der Waals surface area contributed by atoms with Crippen molar-refractivity contribution in [2.24, 2.45) is 0 Å². The third-order valence-electron chi connectivity index (χ3n) is 8.93. The van der Waals surface area contributed by atoms with E-state index in [0.717, 1.165) is 0 Å². The highest BCUT2D eigenvalue weighted by Crippen LogP contribution is 2.47. The number of benzene rings is 6. The molecule has 0 aliphatic carbocycles. The van der Waals surface area contributed by atoms with Gasteiger partial charge in [0.1, 0.15) is 0 Å². The number of rotatable bonds is 5. The summed E-state index contributed by atoms with van der Waals surface area (Å²) in [5.74, 6) is 0. The number of hydrogen-bond donors (Lipinski definition) is 0. The maximum Gasteiger partial charge on any atom is 0.247 e. The Morgan fingerprint density at radius 1 is 0.533 bits per heavy atom. The lowest BCUT2D eigenvalue weighted by atomic mass is 9.36. The SMILES string of the molecule is C/C=C\C(=C/C)c1ccc(-c2cc(-c3ccc(-c4ccccc4)cc3)c3c4c2Sc2ccccc2B4c2ccccc2S3)cc1. The monoisotopic (exact) mass is 610 g/mol. The molecule has 8 rings (SSSR count). The van der Waals surface area contributed by atoms with Gasteiger partial charge in [0.15, 0.2) is 0 Å². The van der Waals surface area contributed by atoms with Gasteiger partial charge in [-0.1, -0.05) is 168 Å². The van der Waals surface area contributed by atoms with Crippen molar-refractivity contribution in [2.75, 3.05) is 0 Å². The van der Waals surface area contributed by atoms with Crippen LogP contribution >= 0.6 is 23.5 Å². The smallest absolute Gasteiger partial charge is 0.0905 e. The van der Waals surface area contributed by atoms with E-state index in [9.17, 15) is 0 Å². The molecule has 0 spiro atoms. The summed E-state index contributed by atoms with van der Waals surface area (Å²) in [6.45, 7) is 4.39. The average Bonchev–Trinajstić information content (AvgIpc) is 3.11. The van der Waals surface area contributed by atoms with Gasteiger partial charge in [0.05, 0.1) is 0 Å². The third kappa shape index (κ3) is 4.92. The summed E-state index contributed by atoms with van der Waals surface area (Å²) in [4.78, 5) is 5.47. The van der Waals surface area contributed by atoms with Crippen LogP contribution in [0.15, 0.2) is 171 Å². The van der Waals surface area contributed by atoms with Gasteiger partial charge in [0.2, 0.25) is 6.71 Å². The predicted octanol–water partition coefficient (Wildman–Crippen LogP) is 10.1. The van der Waals surface area contributed by atoms with Gasteiger partial charge in [-0.15, -0.1) is 0 Å². The predicted molar refractivity (Wildman–Crippen MR) is 197 cm³/mol. The second-order valence-electron chi connectivity index (χ2n) is 11.5. The summed E-state index contributed by atoms with van der Waals surface area (Å²) in [5, 5.41) is 0. The summed E-state index contributed by atoms with van der Waals surface area (Å²) >= 11 is 3.87. The highest BCUT2D eigenvalue weighted by Gasteiger charge is 2.40. The van der Waals surface area contributed by atoms with Crippen molar-refractivity contribution < 1.29 is 0 Å². The van der Waals surface area contributed by atoms with Crippen molar-refractivity contribution >= 4 is 52.2 Å². The Labute approximate surface area is 275 Å². The molecule has 0 bridgehead atoms. The molecule has 0 saturated heterocycles. The molecule has 0 radical (unpaired) electrons. The zero-order valence-corrected chi connectivity index (χ0v) is 27.0. The van der Waals surface area contributed by atoms with E-state index in [1.165, 1.54) is 80.5 Å². The zero-order chi connectivity index (χ0) is 30.3. The molecule has 0 nitrogen and oxygen atoms in total. The number of fused-ring (bicyclic) bond motifs is 4. The highest BCUT2D eigenvalue weighted by atomic mass is 32.2. The second-order valence-corrected chi connectivity index (χ2v) is 13.6. The molecule has 0 aromatic heterocycles. The molecule has 45 heavy (non-hydrogen) atoms. The minimum absolute atomic E-state index is 0.204. The van der Waals surface area contributed by atoms with Crippen molar-refractivity contribution in [3.63, 3.8) is 0 Å². The summed E-state index contributed by atoms with van der Waals surface area (Å²) < 4.78 is 0. The van der Waals surface area contributed by atoms with Crippen molar-refractivity contribution in [1.82, 2.24) is 0 Å². The van der Waals surface area contributed by atoms with Gasteiger partial charge >= 0.3 is 0 Å². The summed E-state index contributed by atoms with van der Waals surface area (Å²) in [6.07, 6.45) is 6.47. The van der Waals surface area contributed by atoms with E-state index in [1.54, 1.807) is 0 Å². The minimum atomic E-state index is 0.204. The first-order valence-electron chi connectivity index (χ1n) is 15.5. The number of allylic oxidation sites excluding steroid dienone is 4. The van der Waals surface area contributed by atoms with E-state index in [2.05, 4.69) is 166 Å². The van der Waals surface area contributed by atoms with Crippen LogP contribution in [0.5, 0.6) is 0 Å². The van der Waals surface area contributed by atoms with E-state index < -0.39 is 0 Å². The fraction of sp³-hybridized carbons (Fsp3) is 0.0476. The standard InChI is InChI=1S/C42H31BS2/c1-3-12-28(4-2)30-19-23-32(24-20-30)34-27-35(33-25-21-31(22-26-33)29-13-6-5-7-14-29)42-40-41(34)44-38-17-10-8-15-36(38)43(40)37-16-9-11-18-39(37)45-42/h3-27H,1-2H3/b12-3-,28-4+. The average molecular weight is 611 g/mol. The molecule has 214 valence electrons. The Bertz CT molecular complexity index is 2100. The van der Waals surface area contributed by atoms with Crippen LogP contribution < -0.4 is 16.4 Å². The van der Waals surface area contributed by atoms with E-state index in [-0.39, 0.29) is 6.71 Å². The second kappa shape index (κ2) is 11.8. The molecule has 2 aliphatic rings. The van der Waals surface area contributed by atoms with Gasteiger partial charge in [-0.2, -0.15) is 0 Å². The van der Waals surface area contributed by atoms with Crippen LogP contribution in [0.3, 0.4) is 0 Å². The third-order valence-corrected chi connectivity index (χ3v) is 11.4. The largest absolute Gasteiger partial charge is 0.247 e. The van der Waals surface area contributed by atoms with Crippen molar-refractivity contribution in [3.05, 3.63) is 157 Å². The van der Waals surface area contributed by atoms with Crippen LogP contribution in [0.25, 0.3) is 39.0 Å². The molecule has 3 heteroatoms.